The van der Waals surface area contributed by atoms with Crippen molar-refractivity contribution in [2.45, 2.75) is 26.3 Å². The number of ether oxygens (including phenoxy) is 2. The summed E-state index contributed by atoms with van der Waals surface area (Å²) < 4.78 is 11.6. The topological polar surface area (TPSA) is 63.2 Å². The number of carbonyl (C=O) groups excluding carboxylic acids is 1. The Labute approximate surface area is 223 Å². The van der Waals surface area contributed by atoms with Gasteiger partial charge in [0.05, 0.1) is 24.6 Å². The number of rotatable bonds is 9. The second-order valence-corrected chi connectivity index (χ2v) is 10.3. The van der Waals surface area contributed by atoms with Gasteiger partial charge >= 0.3 is 0 Å². The van der Waals surface area contributed by atoms with Crippen molar-refractivity contribution in [2.24, 2.45) is 4.99 Å². The highest BCUT2D eigenvalue weighted by Crippen LogP contribution is 2.43. The predicted molar refractivity (Wildman–Crippen MR) is 152 cm³/mol. The first-order chi connectivity index (χ1) is 18.2. The molecule has 2 aliphatic rings. The van der Waals surface area contributed by atoms with Gasteiger partial charge in [-0.05, 0) is 48.7 Å². The summed E-state index contributed by atoms with van der Waals surface area (Å²) in [7, 11) is 0. The van der Waals surface area contributed by atoms with E-state index in [4.69, 9.17) is 14.5 Å². The fraction of sp³-hybridized carbons (Fsp3) is 0.333. The number of nitrogens with zero attached hydrogens (tertiary/aromatic N) is 2. The van der Waals surface area contributed by atoms with Crippen LogP contribution in [0.4, 0.5) is 11.4 Å². The van der Waals surface area contributed by atoms with Crippen LogP contribution in [0.1, 0.15) is 36.5 Å². The van der Waals surface area contributed by atoms with E-state index in [0.717, 1.165) is 42.1 Å². The van der Waals surface area contributed by atoms with Crippen LogP contribution in [0, 0.1) is 0 Å². The number of anilines is 1. The van der Waals surface area contributed by atoms with E-state index in [1.165, 1.54) is 17.1 Å². The molecule has 0 aromatic heterocycles. The fourth-order valence-electron chi connectivity index (χ4n) is 4.81. The Morgan fingerprint density at radius 1 is 0.973 bits per heavy atom. The summed E-state index contributed by atoms with van der Waals surface area (Å²) in [6, 6.07) is 22.1. The molecule has 1 fully saturated rings. The first-order valence-electron chi connectivity index (χ1n) is 12.9. The summed E-state index contributed by atoms with van der Waals surface area (Å²) in [5.74, 6) is 3.00. The van der Waals surface area contributed by atoms with E-state index in [1.807, 2.05) is 68.1 Å². The van der Waals surface area contributed by atoms with Crippen LogP contribution in [-0.4, -0.2) is 54.3 Å². The molecule has 6 nitrogen and oxygen atoms in total. The molecule has 0 saturated carbocycles. The van der Waals surface area contributed by atoms with Crippen molar-refractivity contribution in [3.8, 4) is 11.5 Å². The van der Waals surface area contributed by atoms with Crippen LogP contribution in [-0.2, 0) is 11.3 Å². The van der Waals surface area contributed by atoms with Crippen LogP contribution in [0.15, 0.2) is 71.7 Å². The molecular formula is C30H33N3O3S. The Balaban J connectivity index is 1.50. The van der Waals surface area contributed by atoms with Crippen molar-refractivity contribution in [2.75, 3.05) is 43.1 Å². The molecule has 37 heavy (non-hydrogen) atoms. The van der Waals surface area contributed by atoms with Gasteiger partial charge in [-0.25, -0.2) is 0 Å². The van der Waals surface area contributed by atoms with Gasteiger partial charge < -0.3 is 14.8 Å². The van der Waals surface area contributed by atoms with Crippen molar-refractivity contribution in [1.29, 1.82) is 0 Å². The molecular weight excluding hydrogens is 482 g/mol. The maximum Gasteiger partial charge on any atom is 0.238 e. The van der Waals surface area contributed by atoms with E-state index >= 15 is 0 Å². The smallest absolute Gasteiger partial charge is 0.238 e. The lowest BCUT2D eigenvalue weighted by atomic mass is 9.90. The normalized spacial score (nSPS) is 17.8. The number of amides is 1. The molecule has 1 atom stereocenters. The van der Waals surface area contributed by atoms with Gasteiger partial charge in [0.2, 0.25) is 5.91 Å². The van der Waals surface area contributed by atoms with Crippen LogP contribution in [0.25, 0.3) is 0 Å². The van der Waals surface area contributed by atoms with E-state index in [1.54, 1.807) is 0 Å². The summed E-state index contributed by atoms with van der Waals surface area (Å²) in [6.07, 6.45) is 0. The van der Waals surface area contributed by atoms with E-state index in [-0.39, 0.29) is 5.91 Å². The number of thioether (sulfide) groups is 1. The third kappa shape index (κ3) is 5.84. The molecule has 1 N–H and O–H groups in total. The molecule has 2 heterocycles. The van der Waals surface area contributed by atoms with Gasteiger partial charge in [0, 0.05) is 42.9 Å². The van der Waals surface area contributed by atoms with Gasteiger partial charge in [-0.1, -0.05) is 42.5 Å². The van der Waals surface area contributed by atoms with Crippen molar-refractivity contribution in [1.82, 2.24) is 4.90 Å². The van der Waals surface area contributed by atoms with E-state index in [9.17, 15) is 4.79 Å². The van der Waals surface area contributed by atoms with E-state index in [2.05, 4.69) is 34.5 Å². The van der Waals surface area contributed by atoms with Crippen LogP contribution in [0.2, 0.25) is 0 Å². The third-order valence-corrected chi connectivity index (χ3v) is 7.53. The average Bonchev–Trinajstić information content (AvgIpc) is 3.24. The molecule has 0 bridgehead atoms. The first kappa shape index (κ1) is 25.4. The number of carbonyl (C=O) groups is 1. The van der Waals surface area contributed by atoms with Crippen LogP contribution < -0.4 is 14.8 Å². The third-order valence-electron chi connectivity index (χ3n) is 6.59. The molecule has 7 heteroatoms. The minimum Gasteiger partial charge on any atom is -0.490 e. The monoisotopic (exact) mass is 515 g/mol. The number of fused-ring (bicyclic) bond motifs is 1. The lowest BCUT2D eigenvalue weighted by Crippen LogP contribution is -2.31. The summed E-state index contributed by atoms with van der Waals surface area (Å²) >= 11 is 2.02. The quantitative estimate of drug-likeness (QED) is 0.360. The summed E-state index contributed by atoms with van der Waals surface area (Å²) in [5, 5.41) is 3.04. The zero-order chi connectivity index (χ0) is 25.6. The molecule has 1 unspecified atom stereocenters. The Morgan fingerprint density at radius 3 is 2.32 bits per heavy atom. The minimum atomic E-state index is -0.558. The zero-order valence-electron chi connectivity index (χ0n) is 21.4. The standard InChI is InChI=1S/C30H33N3O3S/c1-3-35-26-18-24-25(19-27(26)36-4-2)32-30(34)28(24)29(22-8-6-5-7-9-22)31-23-12-10-21(11-13-23)20-33-14-16-37-17-15-33/h5-13,18-19,28H,3-4,14-17,20H2,1-2H3,(H,32,34). The van der Waals surface area contributed by atoms with Crippen LogP contribution >= 0.6 is 11.8 Å². The van der Waals surface area contributed by atoms with Crippen molar-refractivity contribution in [3.05, 3.63) is 83.4 Å². The molecule has 5 rings (SSSR count). The van der Waals surface area contributed by atoms with Crippen LogP contribution in [0.5, 0.6) is 11.5 Å². The highest BCUT2D eigenvalue weighted by atomic mass is 32.2. The summed E-state index contributed by atoms with van der Waals surface area (Å²) in [5.41, 5.74) is 5.32. The molecule has 1 saturated heterocycles. The Morgan fingerprint density at radius 2 is 1.65 bits per heavy atom. The number of benzene rings is 3. The Bertz CT molecular complexity index is 1260. The lowest BCUT2D eigenvalue weighted by molar-refractivity contribution is -0.115. The number of aliphatic imine (C=N–C) groups is 1. The van der Waals surface area contributed by atoms with Gasteiger partial charge in [0.25, 0.3) is 0 Å². The summed E-state index contributed by atoms with van der Waals surface area (Å²) in [6.45, 7) is 8.11. The van der Waals surface area contributed by atoms with Crippen molar-refractivity contribution < 1.29 is 14.3 Å². The number of hydrogen-bond donors (Lipinski definition) is 1. The average molecular weight is 516 g/mol. The number of hydrogen-bond acceptors (Lipinski definition) is 6. The minimum absolute atomic E-state index is 0.103. The molecule has 0 spiro atoms. The predicted octanol–water partition coefficient (Wildman–Crippen LogP) is 5.89. The number of nitrogens with one attached hydrogen (secondary N) is 1. The SMILES string of the molecule is CCOc1cc2c(cc1OCC)C(C(=Nc1ccc(CN3CCSCC3)cc1)c1ccccc1)C(=O)N2. The highest BCUT2D eigenvalue weighted by molar-refractivity contribution is 7.99. The van der Waals surface area contributed by atoms with Crippen LogP contribution in [0.3, 0.4) is 0 Å². The zero-order valence-corrected chi connectivity index (χ0v) is 22.2. The van der Waals surface area contributed by atoms with Crippen molar-refractivity contribution in [3.63, 3.8) is 0 Å². The lowest BCUT2D eigenvalue weighted by Gasteiger charge is -2.26. The van der Waals surface area contributed by atoms with Gasteiger partial charge in [-0.3, -0.25) is 14.7 Å². The van der Waals surface area contributed by atoms with Gasteiger partial charge in [-0.2, -0.15) is 11.8 Å². The molecule has 0 radical (unpaired) electrons. The second-order valence-electron chi connectivity index (χ2n) is 9.09. The van der Waals surface area contributed by atoms with E-state index < -0.39 is 5.92 Å². The molecule has 1 amide bonds. The van der Waals surface area contributed by atoms with Gasteiger partial charge in [0.1, 0.15) is 5.92 Å². The van der Waals surface area contributed by atoms with E-state index in [0.29, 0.717) is 30.4 Å². The highest BCUT2D eigenvalue weighted by Gasteiger charge is 2.37. The second kappa shape index (κ2) is 11.8. The largest absolute Gasteiger partial charge is 0.490 e. The summed E-state index contributed by atoms with van der Waals surface area (Å²) in [4.78, 5) is 20.9. The molecule has 192 valence electrons. The first-order valence-corrected chi connectivity index (χ1v) is 14.1. The molecule has 3 aromatic carbocycles. The maximum absolute atomic E-state index is 13.4. The fourth-order valence-corrected chi connectivity index (χ4v) is 5.79. The maximum atomic E-state index is 13.4. The molecule has 2 aliphatic heterocycles. The molecule has 0 aliphatic carbocycles. The van der Waals surface area contributed by atoms with Gasteiger partial charge in [0.15, 0.2) is 11.5 Å². The molecule has 3 aromatic rings. The van der Waals surface area contributed by atoms with Crippen molar-refractivity contribution >= 4 is 34.8 Å². The Hall–Kier alpha value is -3.29. The Kier molecular flexibility index (Phi) is 8.12. The van der Waals surface area contributed by atoms with Gasteiger partial charge in [-0.15, -0.1) is 0 Å².